The van der Waals surface area contributed by atoms with Gasteiger partial charge in [-0.05, 0) is 43.0 Å². The third kappa shape index (κ3) is 1.52. The first kappa shape index (κ1) is 11.5. The van der Waals surface area contributed by atoms with Crippen LogP contribution in [0.3, 0.4) is 0 Å². The van der Waals surface area contributed by atoms with Gasteiger partial charge in [-0.3, -0.25) is 4.79 Å². The molecule has 1 aromatic carbocycles. The van der Waals surface area contributed by atoms with E-state index in [0.717, 1.165) is 48.3 Å². The highest BCUT2D eigenvalue weighted by Crippen LogP contribution is 2.33. The van der Waals surface area contributed by atoms with Crippen LogP contribution in [0.5, 0.6) is 5.75 Å². The van der Waals surface area contributed by atoms with Gasteiger partial charge in [0.05, 0.1) is 0 Å². The van der Waals surface area contributed by atoms with E-state index in [1.807, 2.05) is 24.8 Å². The Kier molecular flexibility index (Phi) is 2.55. The van der Waals surface area contributed by atoms with E-state index in [0.29, 0.717) is 5.75 Å². The van der Waals surface area contributed by atoms with Gasteiger partial charge >= 0.3 is 0 Å². The maximum absolute atomic E-state index is 12.5. The molecule has 1 atom stereocenters. The minimum atomic E-state index is 0.119. The van der Waals surface area contributed by atoms with Crippen LogP contribution in [-0.4, -0.2) is 41.6 Å². The second-order valence-electron chi connectivity index (χ2n) is 5.25. The summed E-state index contributed by atoms with van der Waals surface area (Å²) in [6.07, 6.45) is 0.841. The Hall–Kier alpha value is -1.55. The van der Waals surface area contributed by atoms with Crippen LogP contribution in [0.4, 0.5) is 0 Å². The van der Waals surface area contributed by atoms with Crippen LogP contribution in [0.15, 0.2) is 6.07 Å². The van der Waals surface area contributed by atoms with Crippen LogP contribution in [0.1, 0.15) is 27.0 Å². The van der Waals surface area contributed by atoms with E-state index in [1.165, 1.54) is 0 Å². The summed E-state index contributed by atoms with van der Waals surface area (Å²) in [4.78, 5) is 14.5. The molecule has 0 bridgehead atoms. The van der Waals surface area contributed by atoms with Crippen LogP contribution in [0, 0.1) is 13.8 Å². The number of benzene rings is 1. The molecule has 96 valence electrons. The normalized spacial score (nSPS) is 22.7. The molecule has 2 aliphatic heterocycles. The maximum atomic E-state index is 12.5. The van der Waals surface area contributed by atoms with Gasteiger partial charge in [0, 0.05) is 31.2 Å². The molecule has 3 rings (SSSR count). The number of aromatic hydroxyl groups is 1. The minimum absolute atomic E-state index is 0.119. The number of hydrogen-bond acceptors (Lipinski definition) is 3. The molecular formula is C14H18N2O2. The monoisotopic (exact) mass is 246 g/mol. The first-order valence-electron chi connectivity index (χ1n) is 6.43. The Labute approximate surface area is 107 Å². The van der Waals surface area contributed by atoms with Gasteiger partial charge in [-0.15, -0.1) is 0 Å². The van der Waals surface area contributed by atoms with Gasteiger partial charge in [0.2, 0.25) is 0 Å². The van der Waals surface area contributed by atoms with Gasteiger partial charge in [-0.2, -0.15) is 0 Å². The summed E-state index contributed by atoms with van der Waals surface area (Å²) in [5.41, 5.74) is 3.45. The highest BCUT2D eigenvalue weighted by Gasteiger charge is 2.35. The zero-order chi connectivity index (χ0) is 12.9. The SMILES string of the molecule is Cc1cc2c(c(C)c1O)CC1CNCCN1C2=O. The maximum Gasteiger partial charge on any atom is 0.254 e. The first-order chi connectivity index (χ1) is 8.59. The van der Waals surface area contributed by atoms with Gasteiger partial charge in [0.1, 0.15) is 5.75 Å². The van der Waals surface area contributed by atoms with Crippen molar-refractivity contribution in [2.45, 2.75) is 26.3 Å². The lowest BCUT2D eigenvalue weighted by Gasteiger charge is -2.41. The Balaban J connectivity index is 2.13. The number of fused-ring (bicyclic) bond motifs is 2. The molecule has 1 amide bonds. The van der Waals surface area contributed by atoms with Crippen LogP contribution in [0.2, 0.25) is 0 Å². The number of amides is 1. The summed E-state index contributed by atoms with van der Waals surface area (Å²) < 4.78 is 0. The van der Waals surface area contributed by atoms with Gasteiger partial charge in [-0.25, -0.2) is 0 Å². The number of nitrogens with one attached hydrogen (secondary N) is 1. The second kappa shape index (κ2) is 3.99. The van der Waals surface area contributed by atoms with Crippen molar-refractivity contribution in [3.8, 4) is 5.75 Å². The van der Waals surface area contributed by atoms with Gasteiger partial charge in [0.25, 0.3) is 5.91 Å². The third-order valence-electron chi connectivity index (χ3n) is 4.15. The van der Waals surface area contributed by atoms with Crippen molar-refractivity contribution >= 4 is 5.91 Å². The van der Waals surface area contributed by atoms with Crippen molar-refractivity contribution in [2.75, 3.05) is 19.6 Å². The van der Waals surface area contributed by atoms with Crippen molar-refractivity contribution in [3.63, 3.8) is 0 Å². The lowest BCUT2D eigenvalue weighted by molar-refractivity contribution is 0.0605. The second-order valence-corrected chi connectivity index (χ2v) is 5.25. The zero-order valence-corrected chi connectivity index (χ0v) is 10.8. The summed E-state index contributed by atoms with van der Waals surface area (Å²) in [5.74, 6) is 0.452. The van der Waals surface area contributed by atoms with E-state index in [4.69, 9.17) is 0 Å². The van der Waals surface area contributed by atoms with Crippen molar-refractivity contribution < 1.29 is 9.90 Å². The molecule has 4 nitrogen and oxygen atoms in total. The average Bonchev–Trinajstić information content (AvgIpc) is 2.38. The van der Waals surface area contributed by atoms with E-state index >= 15 is 0 Å². The number of aryl methyl sites for hydroxylation is 1. The molecule has 2 N–H and O–H groups in total. The number of rotatable bonds is 0. The van der Waals surface area contributed by atoms with E-state index < -0.39 is 0 Å². The molecule has 2 heterocycles. The Morgan fingerprint density at radius 2 is 2.22 bits per heavy atom. The van der Waals surface area contributed by atoms with E-state index in [2.05, 4.69) is 5.32 Å². The Morgan fingerprint density at radius 3 is 3.00 bits per heavy atom. The molecule has 1 unspecified atom stereocenters. The largest absolute Gasteiger partial charge is 0.507 e. The summed E-state index contributed by atoms with van der Waals surface area (Å²) in [6.45, 7) is 6.24. The number of nitrogens with zero attached hydrogens (tertiary/aromatic N) is 1. The van der Waals surface area contributed by atoms with Gasteiger partial charge in [0.15, 0.2) is 0 Å². The number of piperazine rings is 1. The molecule has 0 aromatic heterocycles. The van der Waals surface area contributed by atoms with Crippen molar-refractivity contribution in [1.29, 1.82) is 0 Å². The minimum Gasteiger partial charge on any atom is -0.507 e. The van der Waals surface area contributed by atoms with E-state index in [-0.39, 0.29) is 11.9 Å². The highest BCUT2D eigenvalue weighted by atomic mass is 16.3. The molecule has 0 saturated carbocycles. The number of carbonyl (C=O) groups is 1. The topological polar surface area (TPSA) is 52.6 Å². The molecule has 0 aliphatic carbocycles. The fourth-order valence-corrected chi connectivity index (χ4v) is 3.07. The Bertz CT molecular complexity index is 525. The van der Waals surface area contributed by atoms with E-state index in [9.17, 15) is 9.90 Å². The summed E-state index contributed by atoms with van der Waals surface area (Å²) >= 11 is 0. The predicted molar refractivity (Wildman–Crippen MR) is 69.0 cm³/mol. The van der Waals surface area contributed by atoms with Gasteiger partial charge < -0.3 is 15.3 Å². The number of phenolic OH excluding ortho intramolecular Hbond substituents is 1. The Morgan fingerprint density at radius 1 is 1.44 bits per heavy atom. The molecule has 4 heteroatoms. The van der Waals surface area contributed by atoms with E-state index in [1.54, 1.807) is 0 Å². The smallest absolute Gasteiger partial charge is 0.254 e. The quantitative estimate of drug-likeness (QED) is 0.717. The number of carbonyl (C=O) groups excluding carboxylic acids is 1. The molecule has 1 aromatic rings. The number of phenols is 1. The summed E-state index contributed by atoms with van der Waals surface area (Å²) in [5, 5.41) is 13.3. The first-order valence-corrected chi connectivity index (χ1v) is 6.43. The molecule has 1 fully saturated rings. The van der Waals surface area contributed by atoms with Crippen LogP contribution in [-0.2, 0) is 6.42 Å². The molecular weight excluding hydrogens is 228 g/mol. The van der Waals surface area contributed by atoms with Crippen LogP contribution in [0.25, 0.3) is 0 Å². The molecule has 0 spiro atoms. The fourth-order valence-electron chi connectivity index (χ4n) is 3.07. The van der Waals surface area contributed by atoms with Gasteiger partial charge in [-0.1, -0.05) is 0 Å². The molecule has 18 heavy (non-hydrogen) atoms. The molecule has 0 radical (unpaired) electrons. The predicted octanol–water partition coefficient (Wildman–Crippen LogP) is 0.979. The lowest BCUT2D eigenvalue weighted by atomic mass is 9.87. The molecule has 2 aliphatic rings. The van der Waals surface area contributed by atoms with Crippen molar-refractivity contribution in [1.82, 2.24) is 10.2 Å². The summed E-state index contributed by atoms with van der Waals surface area (Å²) in [7, 11) is 0. The van der Waals surface area contributed by atoms with Crippen LogP contribution < -0.4 is 5.32 Å². The fraction of sp³-hybridized carbons (Fsp3) is 0.500. The lowest BCUT2D eigenvalue weighted by Crippen LogP contribution is -2.56. The van der Waals surface area contributed by atoms with Crippen LogP contribution >= 0.6 is 0 Å². The average molecular weight is 246 g/mol. The van der Waals surface area contributed by atoms with Crippen molar-refractivity contribution in [2.24, 2.45) is 0 Å². The zero-order valence-electron chi connectivity index (χ0n) is 10.8. The van der Waals surface area contributed by atoms with Crippen molar-refractivity contribution in [3.05, 3.63) is 28.3 Å². The standard InChI is InChI=1S/C14H18N2O2/c1-8-5-12-11(9(2)13(8)17)6-10-7-15-3-4-16(10)14(12)18/h5,10,15,17H,3-4,6-7H2,1-2H3. The summed E-state index contributed by atoms with van der Waals surface area (Å²) in [6, 6.07) is 2.07. The molecule has 1 saturated heterocycles. The number of hydrogen-bond donors (Lipinski definition) is 2. The third-order valence-corrected chi connectivity index (χ3v) is 4.15. The highest BCUT2D eigenvalue weighted by molar-refractivity contribution is 5.98.